The first kappa shape index (κ1) is 14.9. The molecule has 2 rings (SSSR count). The number of nitrogen functional groups attached to an aromatic ring is 1. The zero-order chi connectivity index (χ0) is 14.7. The van der Waals surface area contributed by atoms with Gasteiger partial charge in [0.15, 0.2) is 0 Å². The summed E-state index contributed by atoms with van der Waals surface area (Å²) in [5.41, 5.74) is 6.18. The summed E-state index contributed by atoms with van der Waals surface area (Å²) in [6.07, 6.45) is 1.21. The van der Waals surface area contributed by atoms with E-state index in [1.807, 2.05) is 7.05 Å². The number of halogens is 1. The number of nitrogens with one attached hydrogen (secondary N) is 1. The highest BCUT2D eigenvalue weighted by molar-refractivity contribution is 5.95. The van der Waals surface area contributed by atoms with Crippen LogP contribution < -0.4 is 5.73 Å². The van der Waals surface area contributed by atoms with Gasteiger partial charge in [0, 0.05) is 25.2 Å². The second kappa shape index (κ2) is 6.33. The van der Waals surface area contributed by atoms with Gasteiger partial charge in [0.2, 0.25) is 0 Å². The van der Waals surface area contributed by atoms with Crippen molar-refractivity contribution < 1.29 is 4.39 Å². The molecule has 1 heterocycles. The molecule has 1 aliphatic rings. The molecule has 1 aliphatic heterocycles. The van der Waals surface area contributed by atoms with Gasteiger partial charge in [-0.3, -0.25) is 5.41 Å². The molecule has 0 amide bonds. The van der Waals surface area contributed by atoms with Crippen molar-refractivity contribution in [2.45, 2.75) is 13.0 Å². The van der Waals surface area contributed by atoms with Gasteiger partial charge in [0.25, 0.3) is 0 Å². The highest BCUT2D eigenvalue weighted by Gasteiger charge is 2.21. The summed E-state index contributed by atoms with van der Waals surface area (Å²) in [7, 11) is 4.15. The third kappa shape index (κ3) is 3.55. The van der Waals surface area contributed by atoms with Crippen molar-refractivity contribution in [1.29, 1.82) is 5.41 Å². The number of nitrogens with two attached hydrogens (primary N) is 1. The van der Waals surface area contributed by atoms with E-state index in [2.05, 4.69) is 16.8 Å². The largest absolute Gasteiger partial charge is 0.384 e. The summed E-state index contributed by atoms with van der Waals surface area (Å²) in [6, 6.07) is 5.07. The topological polar surface area (TPSA) is 56.4 Å². The number of nitrogens with zero attached hydrogens (tertiary/aromatic N) is 2. The minimum Gasteiger partial charge on any atom is -0.384 e. The molecular formula is C15H23FN4. The number of likely N-dealkylation sites (tertiary alicyclic amines) is 1. The van der Waals surface area contributed by atoms with Crippen LogP contribution in [0, 0.1) is 17.1 Å². The van der Waals surface area contributed by atoms with Crippen molar-refractivity contribution in [3.63, 3.8) is 0 Å². The van der Waals surface area contributed by atoms with Crippen molar-refractivity contribution in [1.82, 2.24) is 9.80 Å². The Morgan fingerprint density at radius 3 is 2.90 bits per heavy atom. The monoisotopic (exact) mass is 278 g/mol. The molecule has 1 atom stereocenters. The fourth-order valence-corrected chi connectivity index (χ4v) is 2.88. The molecule has 1 saturated heterocycles. The molecule has 1 aromatic rings. The number of amidine groups is 1. The van der Waals surface area contributed by atoms with Crippen molar-refractivity contribution in [3.8, 4) is 0 Å². The van der Waals surface area contributed by atoms with Gasteiger partial charge in [-0.2, -0.15) is 0 Å². The molecule has 0 aliphatic carbocycles. The van der Waals surface area contributed by atoms with Gasteiger partial charge in [-0.25, -0.2) is 4.39 Å². The molecule has 1 aromatic carbocycles. The van der Waals surface area contributed by atoms with Gasteiger partial charge in [-0.1, -0.05) is 12.1 Å². The Labute approximate surface area is 119 Å². The Balaban J connectivity index is 1.99. The minimum absolute atomic E-state index is 0.191. The molecule has 1 fully saturated rings. The lowest BCUT2D eigenvalue weighted by Gasteiger charge is -2.21. The fourth-order valence-electron chi connectivity index (χ4n) is 2.88. The second-order valence-corrected chi connectivity index (χ2v) is 5.81. The third-order valence-electron chi connectivity index (χ3n) is 3.87. The number of hydrogen-bond acceptors (Lipinski definition) is 3. The molecule has 1 unspecified atom stereocenters. The van der Waals surface area contributed by atoms with Crippen LogP contribution in [-0.2, 0) is 6.54 Å². The lowest BCUT2D eigenvalue weighted by molar-refractivity contribution is 0.264. The Bertz CT molecular complexity index is 489. The van der Waals surface area contributed by atoms with Crippen LogP contribution in [0.2, 0.25) is 0 Å². The first-order valence-corrected chi connectivity index (χ1v) is 6.96. The first-order valence-electron chi connectivity index (χ1n) is 6.96. The zero-order valence-corrected chi connectivity index (χ0v) is 12.2. The van der Waals surface area contributed by atoms with E-state index in [4.69, 9.17) is 11.1 Å². The third-order valence-corrected chi connectivity index (χ3v) is 3.87. The normalized spacial score (nSPS) is 19.7. The van der Waals surface area contributed by atoms with E-state index in [1.54, 1.807) is 18.2 Å². The summed E-state index contributed by atoms with van der Waals surface area (Å²) in [5.74, 6) is 0.0730. The van der Waals surface area contributed by atoms with E-state index < -0.39 is 0 Å². The molecule has 20 heavy (non-hydrogen) atoms. The maximum absolute atomic E-state index is 14.2. The summed E-state index contributed by atoms with van der Waals surface area (Å²) >= 11 is 0. The number of rotatable bonds is 5. The van der Waals surface area contributed by atoms with E-state index in [9.17, 15) is 4.39 Å². The number of hydrogen-bond donors (Lipinski definition) is 2. The molecule has 110 valence electrons. The van der Waals surface area contributed by atoms with Crippen LogP contribution in [0.1, 0.15) is 17.5 Å². The molecule has 0 spiro atoms. The van der Waals surface area contributed by atoms with Gasteiger partial charge in [0.05, 0.1) is 5.56 Å². The summed E-state index contributed by atoms with van der Waals surface area (Å²) < 4.78 is 14.2. The Hall–Kier alpha value is -1.46. The summed E-state index contributed by atoms with van der Waals surface area (Å²) in [4.78, 5) is 4.47. The maximum atomic E-state index is 14.2. The Kier molecular flexibility index (Phi) is 4.73. The van der Waals surface area contributed by atoms with Crippen molar-refractivity contribution in [2.75, 3.05) is 33.7 Å². The van der Waals surface area contributed by atoms with Crippen LogP contribution in [-0.4, -0.2) is 49.4 Å². The second-order valence-electron chi connectivity index (χ2n) is 5.81. The van der Waals surface area contributed by atoms with Gasteiger partial charge in [-0.15, -0.1) is 0 Å². The quantitative estimate of drug-likeness (QED) is 0.634. The highest BCUT2D eigenvalue weighted by Crippen LogP contribution is 2.18. The van der Waals surface area contributed by atoms with Crippen molar-refractivity contribution in [3.05, 3.63) is 35.1 Å². The predicted octanol–water partition coefficient (Wildman–Crippen LogP) is 1.49. The standard InChI is InChI=1S/C15H23FN4/c1-19-7-6-11(8-19)9-20(2)10-12-4-3-5-13(14(12)16)15(17)18/h3-5,11H,6-10H2,1-2H3,(H3,17,18). The summed E-state index contributed by atoms with van der Waals surface area (Å²) in [6.45, 7) is 3.77. The van der Waals surface area contributed by atoms with E-state index in [0.717, 1.165) is 19.6 Å². The molecule has 3 N–H and O–H groups in total. The SMILES string of the molecule is CN1CCC(CN(C)Cc2cccc(C(=N)N)c2F)C1. The number of benzene rings is 1. The van der Waals surface area contributed by atoms with E-state index in [1.165, 1.54) is 6.42 Å². The van der Waals surface area contributed by atoms with Crippen LogP contribution >= 0.6 is 0 Å². The zero-order valence-electron chi connectivity index (χ0n) is 12.2. The van der Waals surface area contributed by atoms with Crippen molar-refractivity contribution >= 4 is 5.84 Å². The molecular weight excluding hydrogens is 255 g/mol. The average Bonchev–Trinajstić information content (AvgIpc) is 2.77. The fraction of sp³-hybridized carbons (Fsp3) is 0.533. The molecule has 5 heteroatoms. The van der Waals surface area contributed by atoms with Gasteiger partial charge in [-0.05, 0) is 39.0 Å². The van der Waals surface area contributed by atoms with E-state index >= 15 is 0 Å². The lowest BCUT2D eigenvalue weighted by atomic mass is 10.1. The predicted molar refractivity (Wildman–Crippen MR) is 79.4 cm³/mol. The summed E-state index contributed by atoms with van der Waals surface area (Å²) in [5, 5.41) is 7.38. The van der Waals surface area contributed by atoms with Gasteiger partial charge < -0.3 is 15.5 Å². The maximum Gasteiger partial charge on any atom is 0.138 e. The van der Waals surface area contributed by atoms with Crippen LogP contribution in [0.4, 0.5) is 4.39 Å². The average molecular weight is 278 g/mol. The van der Waals surface area contributed by atoms with Crippen LogP contribution in [0.3, 0.4) is 0 Å². The highest BCUT2D eigenvalue weighted by atomic mass is 19.1. The molecule has 0 saturated carbocycles. The molecule has 4 nitrogen and oxygen atoms in total. The van der Waals surface area contributed by atoms with E-state index in [-0.39, 0.29) is 17.2 Å². The Morgan fingerprint density at radius 1 is 1.55 bits per heavy atom. The lowest BCUT2D eigenvalue weighted by Crippen LogP contribution is -2.27. The Morgan fingerprint density at radius 2 is 2.30 bits per heavy atom. The molecule has 0 aromatic heterocycles. The van der Waals surface area contributed by atoms with Crippen LogP contribution in [0.15, 0.2) is 18.2 Å². The van der Waals surface area contributed by atoms with Crippen molar-refractivity contribution in [2.24, 2.45) is 11.7 Å². The van der Waals surface area contributed by atoms with E-state index in [0.29, 0.717) is 18.0 Å². The molecule has 0 radical (unpaired) electrons. The van der Waals surface area contributed by atoms with Crippen LogP contribution in [0.25, 0.3) is 0 Å². The van der Waals surface area contributed by atoms with Crippen LogP contribution in [0.5, 0.6) is 0 Å². The van der Waals surface area contributed by atoms with Gasteiger partial charge >= 0.3 is 0 Å². The van der Waals surface area contributed by atoms with Gasteiger partial charge in [0.1, 0.15) is 11.7 Å². The minimum atomic E-state index is -0.365. The first-order chi connectivity index (χ1) is 9.47. The molecule has 0 bridgehead atoms. The smallest absolute Gasteiger partial charge is 0.138 e.